The summed E-state index contributed by atoms with van der Waals surface area (Å²) in [4.78, 5) is 17.7. The summed E-state index contributed by atoms with van der Waals surface area (Å²) in [5.74, 6) is -0.937. The number of rotatable bonds is 7. The predicted molar refractivity (Wildman–Crippen MR) is 139 cm³/mol. The summed E-state index contributed by atoms with van der Waals surface area (Å²) in [7, 11) is 0. The van der Waals surface area contributed by atoms with Gasteiger partial charge in [-0.15, -0.1) is 0 Å². The average molecular weight is 488 g/mol. The number of likely N-dealkylation sites (N-methyl/N-ethyl adjacent to an activating group) is 1. The molecule has 1 aromatic heterocycles. The molecule has 0 spiro atoms. The van der Waals surface area contributed by atoms with E-state index in [1.54, 1.807) is 24.3 Å². The van der Waals surface area contributed by atoms with E-state index in [0.717, 1.165) is 41.7 Å². The van der Waals surface area contributed by atoms with Crippen molar-refractivity contribution >= 4 is 16.8 Å². The van der Waals surface area contributed by atoms with Crippen LogP contribution < -0.4 is 0 Å². The molecule has 1 unspecified atom stereocenters. The summed E-state index contributed by atoms with van der Waals surface area (Å²) in [5, 5.41) is 0.997. The molecule has 1 amide bonds. The Morgan fingerprint density at radius 2 is 1.56 bits per heavy atom. The molecule has 0 radical (unpaired) electrons. The zero-order valence-corrected chi connectivity index (χ0v) is 20.5. The molecule has 0 aliphatic carbocycles. The van der Waals surface area contributed by atoms with Crippen molar-refractivity contribution in [1.82, 2.24) is 14.4 Å². The van der Waals surface area contributed by atoms with Crippen LogP contribution in [0.3, 0.4) is 0 Å². The first-order valence-electron chi connectivity index (χ1n) is 12.6. The first-order valence-corrected chi connectivity index (χ1v) is 12.6. The smallest absolute Gasteiger partial charge is 0.223 e. The van der Waals surface area contributed by atoms with E-state index in [-0.39, 0.29) is 24.0 Å². The number of nitrogens with zero attached hydrogens (tertiary/aromatic N) is 3. The Balaban J connectivity index is 1.52. The highest BCUT2D eigenvalue weighted by Gasteiger charge is 2.28. The minimum atomic E-state index is -0.415. The molecule has 1 aliphatic rings. The molecule has 1 saturated heterocycles. The zero-order valence-electron chi connectivity index (χ0n) is 20.5. The molecule has 0 N–H and O–H groups in total. The number of hydrogen-bond acceptors (Lipinski definition) is 2. The van der Waals surface area contributed by atoms with Gasteiger partial charge in [0, 0.05) is 62.2 Å². The molecule has 6 heteroatoms. The highest BCUT2D eigenvalue weighted by molar-refractivity contribution is 5.87. The van der Waals surface area contributed by atoms with E-state index < -0.39 is 5.92 Å². The van der Waals surface area contributed by atoms with Crippen molar-refractivity contribution in [3.05, 3.63) is 107 Å². The molecular weight excluding hydrogens is 456 g/mol. The molecule has 4 nitrogen and oxygen atoms in total. The fourth-order valence-corrected chi connectivity index (χ4v) is 5.23. The Morgan fingerprint density at radius 3 is 2.28 bits per heavy atom. The minimum absolute atomic E-state index is 0.0503. The summed E-state index contributed by atoms with van der Waals surface area (Å²) in [6.45, 7) is 6.79. The van der Waals surface area contributed by atoms with Crippen LogP contribution in [0, 0.1) is 11.6 Å². The zero-order chi connectivity index (χ0) is 25.1. The van der Waals surface area contributed by atoms with E-state index in [2.05, 4.69) is 16.4 Å². The van der Waals surface area contributed by atoms with E-state index >= 15 is 4.39 Å². The molecule has 186 valence electrons. The van der Waals surface area contributed by atoms with Gasteiger partial charge in [-0.1, -0.05) is 55.5 Å². The number of piperazine rings is 1. The molecule has 1 atom stereocenters. The van der Waals surface area contributed by atoms with Crippen LogP contribution in [0.4, 0.5) is 8.78 Å². The highest BCUT2D eigenvalue weighted by atomic mass is 19.1. The Bertz CT molecular complexity index is 1340. The molecule has 0 saturated carbocycles. The van der Waals surface area contributed by atoms with Gasteiger partial charge in [-0.2, -0.15) is 0 Å². The first kappa shape index (κ1) is 24.2. The Morgan fingerprint density at radius 1 is 0.861 bits per heavy atom. The van der Waals surface area contributed by atoms with Crippen molar-refractivity contribution in [1.29, 1.82) is 0 Å². The van der Waals surface area contributed by atoms with Crippen LogP contribution in [0.25, 0.3) is 10.9 Å². The van der Waals surface area contributed by atoms with Crippen molar-refractivity contribution in [3.63, 3.8) is 0 Å². The number of carbonyl (C=O) groups excluding carboxylic acids is 1. The van der Waals surface area contributed by atoms with Gasteiger partial charge in [0.1, 0.15) is 11.6 Å². The lowest BCUT2D eigenvalue weighted by molar-refractivity contribution is -0.133. The van der Waals surface area contributed by atoms with Crippen molar-refractivity contribution in [2.24, 2.45) is 0 Å². The number of para-hydroxylation sites is 1. The minimum Gasteiger partial charge on any atom is -0.343 e. The fourth-order valence-electron chi connectivity index (χ4n) is 5.23. The van der Waals surface area contributed by atoms with Crippen molar-refractivity contribution in [2.75, 3.05) is 32.7 Å². The number of benzene rings is 3. The predicted octanol–water partition coefficient (Wildman–Crippen LogP) is 5.65. The van der Waals surface area contributed by atoms with Crippen LogP contribution in [-0.4, -0.2) is 53.0 Å². The lowest BCUT2D eigenvalue weighted by atomic mass is 9.87. The van der Waals surface area contributed by atoms with E-state index in [0.29, 0.717) is 25.2 Å². The van der Waals surface area contributed by atoms with E-state index in [1.165, 1.54) is 18.2 Å². The molecule has 1 fully saturated rings. The van der Waals surface area contributed by atoms with Crippen LogP contribution in [0.5, 0.6) is 0 Å². The molecule has 5 rings (SSSR count). The van der Waals surface area contributed by atoms with Gasteiger partial charge >= 0.3 is 0 Å². The molecule has 1 aliphatic heterocycles. The first-order chi connectivity index (χ1) is 17.5. The molecular formula is C30H31F2N3O. The quantitative estimate of drug-likeness (QED) is 0.337. The Hall–Kier alpha value is -3.51. The van der Waals surface area contributed by atoms with Gasteiger partial charge in [0.2, 0.25) is 5.91 Å². The van der Waals surface area contributed by atoms with Crippen LogP contribution in [0.1, 0.15) is 36.0 Å². The number of carbonyl (C=O) groups is 1. The van der Waals surface area contributed by atoms with Crippen LogP contribution in [0.15, 0.2) is 79.0 Å². The summed E-state index contributed by atoms with van der Waals surface area (Å²) in [5.41, 5.74) is 3.43. The second-order valence-electron chi connectivity index (χ2n) is 9.45. The lowest BCUT2D eigenvalue weighted by Crippen LogP contribution is -2.48. The van der Waals surface area contributed by atoms with Gasteiger partial charge in [0.15, 0.2) is 0 Å². The maximum Gasteiger partial charge on any atom is 0.223 e. The SMILES string of the molecule is CCN1CCN(C(=O)CC(c2ccccc2F)c2cn(Cc3ccc(F)cc3)c3ccccc23)CC1. The van der Waals surface area contributed by atoms with Crippen molar-refractivity contribution < 1.29 is 13.6 Å². The van der Waals surface area contributed by atoms with E-state index in [1.807, 2.05) is 41.4 Å². The summed E-state index contributed by atoms with van der Waals surface area (Å²) >= 11 is 0. The summed E-state index contributed by atoms with van der Waals surface area (Å²) < 4.78 is 30.7. The number of halogens is 2. The molecule has 0 bridgehead atoms. The molecule has 3 aromatic carbocycles. The van der Waals surface area contributed by atoms with Crippen molar-refractivity contribution in [2.45, 2.75) is 25.8 Å². The van der Waals surface area contributed by atoms with Gasteiger partial charge in [0.05, 0.1) is 0 Å². The molecule has 2 heterocycles. The maximum atomic E-state index is 15.1. The second kappa shape index (κ2) is 10.6. The van der Waals surface area contributed by atoms with Gasteiger partial charge in [0.25, 0.3) is 0 Å². The van der Waals surface area contributed by atoms with Gasteiger partial charge in [-0.3, -0.25) is 4.79 Å². The average Bonchev–Trinajstić information content (AvgIpc) is 3.27. The topological polar surface area (TPSA) is 28.5 Å². The standard InChI is InChI=1S/C30H31F2N3O/c1-2-33-15-17-34(18-16-33)30(36)19-26(24-7-3-5-9-28(24)32)27-21-35(29-10-6-4-8-25(27)29)20-22-11-13-23(31)14-12-22/h3-14,21,26H,2,15-20H2,1H3. The van der Waals surface area contributed by atoms with Crippen molar-refractivity contribution in [3.8, 4) is 0 Å². The summed E-state index contributed by atoms with van der Waals surface area (Å²) in [6.07, 6.45) is 2.24. The van der Waals surface area contributed by atoms with E-state index in [9.17, 15) is 9.18 Å². The van der Waals surface area contributed by atoms with E-state index in [4.69, 9.17) is 0 Å². The second-order valence-corrected chi connectivity index (χ2v) is 9.45. The number of fused-ring (bicyclic) bond motifs is 1. The van der Waals surface area contributed by atoms with Crippen LogP contribution >= 0.6 is 0 Å². The highest BCUT2D eigenvalue weighted by Crippen LogP contribution is 2.36. The van der Waals surface area contributed by atoms with Gasteiger partial charge in [-0.25, -0.2) is 8.78 Å². The molecule has 4 aromatic rings. The summed E-state index contributed by atoms with van der Waals surface area (Å²) in [6, 6.07) is 21.2. The van der Waals surface area contributed by atoms with Crippen LogP contribution in [-0.2, 0) is 11.3 Å². The number of amides is 1. The van der Waals surface area contributed by atoms with Gasteiger partial charge < -0.3 is 14.4 Å². The largest absolute Gasteiger partial charge is 0.343 e. The Labute approximate surface area is 210 Å². The van der Waals surface area contributed by atoms with Crippen LogP contribution in [0.2, 0.25) is 0 Å². The third-order valence-corrected chi connectivity index (χ3v) is 7.29. The third kappa shape index (κ3) is 5.05. The number of aromatic nitrogens is 1. The normalized spacial score (nSPS) is 15.4. The fraction of sp³-hybridized carbons (Fsp3) is 0.300. The number of hydrogen-bond donors (Lipinski definition) is 0. The Kier molecular flexibility index (Phi) is 7.14. The lowest BCUT2D eigenvalue weighted by Gasteiger charge is -2.35. The third-order valence-electron chi connectivity index (χ3n) is 7.29. The van der Waals surface area contributed by atoms with Gasteiger partial charge in [-0.05, 0) is 47.5 Å². The molecule has 36 heavy (non-hydrogen) atoms. The monoisotopic (exact) mass is 487 g/mol. The maximum absolute atomic E-state index is 15.1.